The summed E-state index contributed by atoms with van der Waals surface area (Å²) < 4.78 is 5.03. The second-order valence-corrected chi connectivity index (χ2v) is 7.97. The Morgan fingerprint density at radius 2 is 1.93 bits per heavy atom. The van der Waals surface area contributed by atoms with Crippen molar-refractivity contribution < 1.29 is 23.9 Å². The minimum Gasteiger partial charge on any atom is -0.456 e. The van der Waals surface area contributed by atoms with Crippen LogP contribution in [0.25, 0.3) is 0 Å². The maximum atomic E-state index is 12.9. The quantitative estimate of drug-likeness (QED) is 0.432. The van der Waals surface area contributed by atoms with E-state index in [9.17, 15) is 19.2 Å². The average Bonchev–Trinajstić information content (AvgIpc) is 2.94. The normalized spacial score (nSPS) is 23.9. The van der Waals surface area contributed by atoms with Gasteiger partial charge in [-0.3, -0.25) is 19.3 Å². The van der Waals surface area contributed by atoms with Crippen molar-refractivity contribution in [3.63, 3.8) is 0 Å². The lowest BCUT2D eigenvalue weighted by Crippen LogP contribution is -2.54. The predicted molar refractivity (Wildman–Crippen MR) is 106 cm³/mol. The van der Waals surface area contributed by atoms with E-state index in [-0.39, 0.29) is 17.6 Å². The number of benzene rings is 1. The van der Waals surface area contributed by atoms with Gasteiger partial charge < -0.3 is 10.1 Å². The molecule has 1 aliphatic heterocycles. The van der Waals surface area contributed by atoms with Crippen LogP contribution in [0.15, 0.2) is 24.3 Å². The summed E-state index contributed by atoms with van der Waals surface area (Å²) in [6.07, 6.45) is 5.28. The number of imide groups is 1. The Bertz CT molecular complexity index is 804. The van der Waals surface area contributed by atoms with E-state index in [0.29, 0.717) is 12.0 Å². The van der Waals surface area contributed by atoms with Gasteiger partial charge >= 0.3 is 12.0 Å². The molecule has 1 aromatic rings. The number of ether oxygens (including phenoxy) is 1. The molecule has 7 heteroatoms. The molecule has 1 aliphatic carbocycles. The summed E-state index contributed by atoms with van der Waals surface area (Å²) >= 11 is 0. The maximum Gasteiger partial charge on any atom is 0.326 e. The Labute approximate surface area is 170 Å². The number of nitrogens with one attached hydrogen (secondary N) is 1. The van der Waals surface area contributed by atoms with Crippen molar-refractivity contribution in [3.8, 4) is 0 Å². The van der Waals surface area contributed by atoms with Crippen molar-refractivity contribution >= 4 is 23.7 Å². The highest BCUT2D eigenvalue weighted by Gasteiger charge is 2.55. The Hall–Kier alpha value is -2.70. The largest absolute Gasteiger partial charge is 0.456 e. The third-order valence-corrected chi connectivity index (χ3v) is 5.97. The van der Waals surface area contributed by atoms with Gasteiger partial charge in [0.2, 0.25) is 0 Å². The lowest BCUT2D eigenvalue weighted by molar-refractivity contribution is -0.147. The van der Waals surface area contributed by atoms with E-state index in [1.165, 1.54) is 0 Å². The Morgan fingerprint density at radius 3 is 2.59 bits per heavy atom. The summed E-state index contributed by atoms with van der Waals surface area (Å²) in [5, 5.41) is 2.79. The molecule has 2 fully saturated rings. The molecule has 0 aromatic heterocycles. The van der Waals surface area contributed by atoms with E-state index in [1.54, 1.807) is 12.1 Å². The van der Waals surface area contributed by atoms with Crippen LogP contribution in [-0.4, -0.2) is 47.3 Å². The van der Waals surface area contributed by atoms with Crippen molar-refractivity contribution in [2.75, 3.05) is 13.2 Å². The van der Waals surface area contributed by atoms with E-state index >= 15 is 0 Å². The number of urea groups is 1. The van der Waals surface area contributed by atoms with Gasteiger partial charge in [-0.2, -0.15) is 0 Å². The highest BCUT2D eigenvalue weighted by molar-refractivity contribution is 6.09. The molecule has 3 rings (SSSR count). The molecule has 156 valence electrons. The molecule has 2 aliphatic rings. The van der Waals surface area contributed by atoms with Gasteiger partial charge in [0.05, 0.1) is 0 Å². The number of ketones is 1. The molecule has 0 unspecified atom stereocenters. The number of amides is 3. The molecule has 1 heterocycles. The fourth-order valence-corrected chi connectivity index (χ4v) is 4.19. The zero-order valence-electron chi connectivity index (χ0n) is 17.0. The SMILES string of the molecule is CCCc1ccc(C(=O)COC(=O)CN2C(=O)N[C@@]3(CCCC[C@H]3C)C2=O)cc1. The topological polar surface area (TPSA) is 92.8 Å². The second-order valence-electron chi connectivity index (χ2n) is 7.97. The van der Waals surface area contributed by atoms with Crippen LogP contribution >= 0.6 is 0 Å². The monoisotopic (exact) mass is 400 g/mol. The van der Waals surface area contributed by atoms with E-state index in [1.807, 2.05) is 19.1 Å². The Morgan fingerprint density at radius 1 is 1.21 bits per heavy atom. The minimum atomic E-state index is -0.911. The van der Waals surface area contributed by atoms with Crippen LogP contribution in [0.2, 0.25) is 0 Å². The van der Waals surface area contributed by atoms with Crippen LogP contribution in [-0.2, 0) is 20.7 Å². The summed E-state index contributed by atoms with van der Waals surface area (Å²) in [5.74, 6) is -1.45. The molecule has 1 spiro atoms. The summed E-state index contributed by atoms with van der Waals surface area (Å²) in [4.78, 5) is 50.5. The van der Waals surface area contributed by atoms with Crippen LogP contribution in [0, 0.1) is 5.92 Å². The third-order valence-electron chi connectivity index (χ3n) is 5.97. The Kier molecular flexibility index (Phi) is 6.35. The molecule has 1 saturated carbocycles. The van der Waals surface area contributed by atoms with Crippen molar-refractivity contribution in [1.82, 2.24) is 10.2 Å². The minimum absolute atomic E-state index is 0.0194. The van der Waals surface area contributed by atoms with Crippen LogP contribution in [0.1, 0.15) is 61.9 Å². The molecule has 2 atom stereocenters. The van der Waals surface area contributed by atoms with Gasteiger partial charge in [-0.1, -0.05) is 57.4 Å². The number of hydrogen-bond acceptors (Lipinski definition) is 5. The number of Topliss-reactive ketones (excluding diaryl/α,β-unsaturated/α-hetero) is 1. The highest BCUT2D eigenvalue weighted by atomic mass is 16.5. The van der Waals surface area contributed by atoms with Crippen molar-refractivity contribution in [3.05, 3.63) is 35.4 Å². The van der Waals surface area contributed by atoms with Gasteiger partial charge in [-0.05, 0) is 30.7 Å². The van der Waals surface area contributed by atoms with Gasteiger partial charge in [-0.25, -0.2) is 4.79 Å². The lowest BCUT2D eigenvalue weighted by Gasteiger charge is -2.36. The van der Waals surface area contributed by atoms with Crippen molar-refractivity contribution in [2.24, 2.45) is 5.92 Å². The summed E-state index contributed by atoms with van der Waals surface area (Å²) in [6.45, 7) is 3.13. The second kappa shape index (κ2) is 8.76. The molecule has 1 saturated heterocycles. The lowest BCUT2D eigenvalue weighted by atomic mass is 9.73. The van der Waals surface area contributed by atoms with Crippen LogP contribution in [0.5, 0.6) is 0 Å². The van der Waals surface area contributed by atoms with E-state index in [2.05, 4.69) is 12.2 Å². The van der Waals surface area contributed by atoms with Crippen LogP contribution in [0.3, 0.4) is 0 Å². The van der Waals surface area contributed by atoms with Gasteiger partial charge in [0.25, 0.3) is 5.91 Å². The molecule has 7 nitrogen and oxygen atoms in total. The first kappa shape index (κ1) is 21.0. The first-order chi connectivity index (χ1) is 13.9. The first-order valence-corrected chi connectivity index (χ1v) is 10.3. The van der Waals surface area contributed by atoms with Crippen LogP contribution in [0.4, 0.5) is 4.79 Å². The van der Waals surface area contributed by atoms with E-state index in [0.717, 1.165) is 42.6 Å². The molecule has 3 amide bonds. The zero-order valence-corrected chi connectivity index (χ0v) is 17.0. The molecule has 29 heavy (non-hydrogen) atoms. The number of nitrogens with zero attached hydrogens (tertiary/aromatic N) is 1. The van der Waals surface area contributed by atoms with Gasteiger partial charge in [0, 0.05) is 5.56 Å². The fourth-order valence-electron chi connectivity index (χ4n) is 4.19. The number of esters is 1. The Balaban J connectivity index is 1.54. The molecule has 1 N–H and O–H groups in total. The smallest absolute Gasteiger partial charge is 0.326 e. The number of carbonyl (C=O) groups excluding carboxylic acids is 4. The highest BCUT2D eigenvalue weighted by Crippen LogP contribution is 2.38. The number of hydrogen-bond donors (Lipinski definition) is 1. The number of aryl methyl sites for hydroxylation is 1. The zero-order chi connectivity index (χ0) is 21.0. The van der Waals surface area contributed by atoms with Gasteiger partial charge in [0.1, 0.15) is 12.1 Å². The van der Waals surface area contributed by atoms with Gasteiger partial charge in [-0.15, -0.1) is 0 Å². The fraction of sp³-hybridized carbons (Fsp3) is 0.545. The van der Waals surface area contributed by atoms with Gasteiger partial charge in [0.15, 0.2) is 12.4 Å². The van der Waals surface area contributed by atoms with E-state index < -0.39 is 30.7 Å². The molecule has 0 radical (unpaired) electrons. The molecular weight excluding hydrogens is 372 g/mol. The molecule has 1 aromatic carbocycles. The molecular formula is C22H28N2O5. The third kappa shape index (κ3) is 4.33. The summed E-state index contributed by atoms with van der Waals surface area (Å²) in [6, 6.07) is 6.63. The van der Waals surface area contributed by atoms with Crippen LogP contribution < -0.4 is 5.32 Å². The summed E-state index contributed by atoms with van der Waals surface area (Å²) in [7, 11) is 0. The van der Waals surface area contributed by atoms with Crippen molar-refractivity contribution in [1.29, 1.82) is 0 Å². The summed E-state index contributed by atoms with van der Waals surface area (Å²) in [5.41, 5.74) is 0.694. The standard InChI is InChI=1S/C22H28N2O5/c1-3-6-16-8-10-17(11-9-16)18(25)14-29-19(26)13-24-20(27)22(23-21(24)28)12-5-4-7-15(22)2/h8-11,15H,3-7,12-14H2,1-2H3,(H,23,28)/t15-,22-/m1/s1. The predicted octanol–water partition coefficient (Wildman–Crippen LogP) is 2.87. The maximum absolute atomic E-state index is 12.9. The number of rotatable bonds is 7. The van der Waals surface area contributed by atoms with E-state index in [4.69, 9.17) is 4.74 Å². The average molecular weight is 400 g/mol. The first-order valence-electron chi connectivity index (χ1n) is 10.3. The van der Waals surface area contributed by atoms with Crippen molar-refractivity contribution in [2.45, 2.75) is 57.9 Å². The number of carbonyl (C=O) groups is 4. The molecule has 0 bridgehead atoms.